The Labute approximate surface area is 145 Å². The molecule has 6 nitrogen and oxygen atoms in total. The SMILES string of the molecule is N#Cc1ccccc1/C=C\C(=O)Nc1ccn(Cc2ccccn2)n1. The molecule has 0 atom stereocenters. The van der Waals surface area contributed by atoms with E-state index in [4.69, 9.17) is 5.26 Å². The normalized spacial score (nSPS) is 10.5. The second kappa shape index (κ2) is 7.70. The Morgan fingerprint density at radius 2 is 2.04 bits per heavy atom. The predicted molar refractivity (Wildman–Crippen MR) is 94.4 cm³/mol. The summed E-state index contributed by atoms with van der Waals surface area (Å²) in [5.41, 5.74) is 2.10. The first kappa shape index (κ1) is 16.1. The Kier molecular flexibility index (Phi) is 4.98. The van der Waals surface area contributed by atoms with Gasteiger partial charge >= 0.3 is 0 Å². The minimum Gasteiger partial charge on any atom is -0.306 e. The fraction of sp³-hybridized carbons (Fsp3) is 0.0526. The molecule has 0 spiro atoms. The zero-order valence-electron chi connectivity index (χ0n) is 13.3. The number of hydrogen-bond acceptors (Lipinski definition) is 4. The van der Waals surface area contributed by atoms with Crippen LogP contribution in [0, 0.1) is 11.3 Å². The Morgan fingerprint density at radius 1 is 1.20 bits per heavy atom. The molecule has 1 N–H and O–H groups in total. The summed E-state index contributed by atoms with van der Waals surface area (Å²) >= 11 is 0. The number of carbonyl (C=O) groups is 1. The maximum atomic E-state index is 12.0. The highest BCUT2D eigenvalue weighted by Gasteiger charge is 2.04. The van der Waals surface area contributed by atoms with Gasteiger partial charge in [0, 0.05) is 24.5 Å². The Bertz CT molecular complexity index is 938. The van der Waals surface area contributed by atoms with Crippen molar-refractivity contribution in [2.75, 3.05) is 5.32 Å². The van der Waals surface area contributed by atoms with E-state index < -0.39 is 0 Å². The van der Waals surface area contributed by atoms with E-state index in [9.17, 15) is 4.79 Å². The molecule has 6 heteroatoms. The van der Waals surface area contributed by atoms with Gasteiger partial charge in [-0.3, -0.25) is 14.5 Å². The molecule has 2 aromatic heterocycles. The number of hydrogen-bond donors (Lipinski definition) is 1. The lowest BCUT2D eigenvalue weighted by Crippen LogP contribution is -2.09. The van der Waals surface area contributed by atoms with Gasteiger partial charge in [-0.15, -0.1) is 0 Å². The van der Waals surface area contributed by atoms with Crippen molar-refractivity contribution in [1.29, 1.82) is 5.26 Å². The van der Waals surface area contributed by atoms with Crippen molar-refractivity contribution in [3.05, 3.63) is 83.8 Å². The maximum absolute atomic E-state index is 12.0. The lowest BCUT2D eigenvalue weighted by Gasteiger charge is -2.01. The van der Waals surface area contributed by atoms with Gasteiger partial charge in [0.15, 0.2) is 5.82 Å². The van der Waals surface area contributed by atoms with Crippen molar-refractivity contribution in [3.63, 3.8) is 0 Å². The van der Waals surface area contributed by atoms with Gasteiger partial charge in [-0.1, -0.05) is 24.3 Å². The van der Waals surface area contributed by atoms with Crippen LogP contribution in [0.5, 0.6) is 0 Å². The molecule has 25 heavy (non-hydrogen) atoms. The molecule has 1 amide bonds. The van der Waals surface area contributed by atoms with E-state index in [1.165, 1.54) is 6.08 Å². The number of benzene rings is 1. The van der Waals surface area contributed by atoms with E-state index >= 15 is 0 Å². The summed E-state index contributed by atoms with van der Waals surface area (Å²) in [5, 5.41) is 16.0. The smallest absolute Gasteiger partial charge is 0.249 e. The molecule has 2 heterocycles. The van der Waals surface area contributed by atoms with Gasteiger partial charge < -0.3 is 5.32 Å². The fourth-order valence-electron chi connectivity index (χ4n) is 2.25. The summed E-state index contributed by atoms with van der Waals surface area (Å²) in [6.45, 7) is 0.530. The summed E-state index contributed by atoms with van der Waals surface area (Å²) in [6.07, 6.45) is 6.50. The Morgan fingerprint density at radius 3 is 2.84 bits per heavy atom. The molecule has 122 valence electrons. The number of carbonyl (C=O) groups excluding carboxylic acids is 1. The molecule has 3 aromatic rings. The third kappa shape index (κ3) is 4.39. The van der Waals surface area contributed by atoms with Gasteiger partial charge in [0.2, 0.25) is 5.91 Å². The molecule has 0 aliphatic heterocycles. The van der Waals surface area contributed by atoms with Crippen LogP contribution in [0.25, 0.3) is 6.08 Å². The molecule has 0 aliphatic rings. The highest BCUT2D eigenvalue weighted by atomic mass is 16.1. The monoisotopic (exact) mass is 329 g/mol. The molecular formula is C19H15N5O. The highest BCUT2D eigenvalue weighted by molar-refractivity contribution is 6.01. The van der Waals surface area contributed by atoms with Crippen molar-refractivity contribution < 1.29 is 4.79 Å². The molecule has 0 saturated carbocycles. The zero-order chi connectivity index (χ0) is 17.5. The fourth-order valence-corrected chi connectivity index (χ4v) is 2.25. The number of pyridine rings is 1. The van der Waals surface area contributed by atoms with Gasteiger partial charge in [-0.05, 0) is 29.8 Å². The number of nitriles is 1. The van der Waals surface area contributed by atoms with Crippen molar-refractivity contribution in [3.8, 4) is 6.07 Å². The van der Waals surface area contributed by atoms with E-state index in [1.807, 2.05) is 24.3 Å². The molecule has 0 fully saturated rings. The van der Waals surface area contributed by atoms with E-state index in [0.29, 0.717) is 23.5 Å². The topological polar surface area (TPSA) is 83.6 Å². The summed E-state index contributed by atoms with van der Waals surface area (Å²) in [6, 6.07) is 16.6. The second-order valence-corrected chi connectivity index (χ2v) is 5.24. The van der Waals surface area contributed by atoms with Crippen molar-refractivity contribution in [1.82, 2.24) is 14.8 Å². The maximum Gasteiger partial charge on any atom is 0.249 e. The molecule has 3 rings (SSSR count). The predicted octanol–water partition coefficient (Wildman–Crippen LogP) is 2.85. The lowest BCUT2D eigenvalue weighted by molar-refractivity contribution is -0.111. The second-order valence-electron chi connectivity index (χ2n) is 5.24. The first-order valence-corrected chi connectivity index (χ1v) is 7.66. The van der Waals surface area contributed by atoms with E-state index in [0.717, 1.165) is 5.69 Å². The number of amides is 1. The largest absolute Gasteiger partial charge is 0.306 e. The molecule has 0 bridgehead atoms. The third-order valence-corrected chi connectivity index (χ3v) is 3.44. The molecule has 1 aromatic carbocycles. The van der Waals surface area contributed by atoms with Gasteiger partial charge in [0.1, 0.15) is 0 Å². The van der Waals surface area contributed by atoms with Crippen LogP contribution in [0.1, 0.15) is 16.8 Å². The van der Waals surface area contributed by atoms with Crippen LogP contribution >= 0.6 is 0 Å². The molecular weight excluding hydrogens is 314 g/mol. The Balaban J connectivity index is 1.62. The summed E-state index contributed by atoms with van der Waals surface area (Å²) in [7, 11) is 0. The van der Waals surface area contributed by atoms with Gasteiger partial charge in [0.25, 0.3) is 0 Å². The number of nitrogens with zero attached hydrogens (tertiary/aromatic N) is 4. The van der Waals surface area contributed by atoms with Crippen molar-refractivity contribution in [2.24, 2.45) is 0 Å². The van der Waals surface area contributed by atoms with Crippen LogP contribution in [-0.4, -0.2) is 20.7 Å². The van der Waals surface area contributed by atoms with Crippen molar-refractivity contribution in [2.45, 2.75) is 6.54 Å². The molecule has 0 saturated heterocycles. The van der Waals surface area contributed by atoms with Crippen LogP contribution in [0.4, 0.5) is 5.82 Å². The van der Waals surface area contributed by atoms with E-state index in [-0.39, 0.29) is 5.91 Å². The molecule has 0 radical (unpaired) electrons. The average Bonchev–Trinajstić information content (AvgIpc) is 3.07. The van der Waals surface area contributed by atoms with E-state index in [2.05, 4.69) is 21.5 Å². The summed E-state index contributed by atoms with van der Waals surface area (Å²) in [5.74, 6) is 0.148. The van der Waals surface area contributed by atoms with Crippen LogP contribution < -0.4 is 5.32 Å². The number of rotatable bonds is 5. The Hall–Kier alpha value is -3.72. The lowest BCUT2D eigenvalue weighted by atomic mass is 10.1. The third-order valence-electron chi connectivity index (χ3n) is 3.44. The number of nitrogens with one attached hydrogen (secondary N) is 1. The number of aromatic nitrogens is 3. The average molecular weight is 329 g/mol. The quantitative estimate of drug-likeness (QED) is 0.730. The van der Waals surface area contributed by atoms with Crippen LogP contribution in [0.3, 0.4) is 0 Å². The van der Waals surface area contributed by atoms with E-state index in [1.54, 1.807) is 47.4 Å². The first-order chi connectivity index (χ1) is 12.2. The van der Waals surface area contributed by atoms with Crippen molar-refractivity contribution >= 4 is 17.8 Å². The first-order valence-electron chi connectivity index (χ1n) is 7.66. The highest BCUT2D eigenvalue weighted by Crippen LogP contribution is 2.10. The minimum atomic E-state index is -0.309. The zero-order valence-corrected chi connectivity index (χ0v) is 13.3. The van der Waals surface area contributed by atoms with Gasteiger partial charge in [-0.2, -0.15) is 10.4 Å². The number of anilines is 1. The van der Waals surface area contributed by atoms with Crippen LogP contribution in [0.15, 0.2) is 67.0 Å². The standard InChI is InChI=1S/C19H15N5O/c20-13-16-6-2-1-5-15(16)8-9-19(25)22-18-10-12-24(23-18)14-17-7-3-4-11-21-17/h1-12H,14H2,(H,22,23,25)/b9-8-. The minimum absolute atomic E-state index is 0.309. The molecule has 0 aliphatic carbocycles. The summed E-state index contributed by atoms with van der Waals surface area (Å²) < 4.78 is 1.70. The van der Waals surface area contributed by atoms with Gasteiger partial charge in [0.05, 0.1) is 23.9 Å². The van der Waals surface area contributed by atoms with Gasteiger partial charge in [-0.25, -0.2) is 0 Å². The summed E-state index contributed by atoms with van der Waals surface area (Å²) in [4.78, 5) is 16.2. The molecule has 0 unspecified atom stereocenters. The van der Waals surface area contributed by atoms with Crippen LogP contribution in [0.2, 0.25) is 0 Å². The van der Waals surface area contributed by atoms with Crippen LogP contribution in [-0.2, 0) is 11.3 Å².